The van der Waals surface area contributed by atoms with Gasteiger partial charge in [0.05, 0.1) is 5.69 Å². The molecule has 3 nitrogen and oxygen atoms in total. The van der Waals surface area contributed by atoms with E-state index in [1.807, 2.05) is 13.1 Å². The summed E-state index contributed by atoms with van der Waals surface area (Å²) in [6.45, 7) is 2.08. The minimum atomic E-state index is 0.108. The number of rotatable bonds is 1. The molecule has 1 atom stereocenters. The van der Waals surface area contributed by atoms with Gasteiger partial charge in [-0.2, -0.15) is 0 Å². The Morgan fingerprint density at radius 3 is 3.00 bits per heavy atom. The lowest BCUT2D eigenvalue weighted by Gasteiger charge is -2.18. The van der Waals surface area contributed by atoms with Crippen LogP contribution in [0.15, 0.2) is 18.2 Å². The van der Waals surface area contributed by atoms with E-state index >= 15 is 0 Å². The molecule has 1 N–H and O–H groups in total. The Kier molecular flexibility index (Phi) is 1.79. The first kappa shape index (κ1) is 8.23. The van der Waals surface area contributed by atoms with Crippen LogP contribution in [0.25, 0.3) is 0 Å². The molecule has 3 heteroatoms. The molecule has 0 amide bonds. The maximum atomic E-state index is 9.24. The van der Waals surface area contributed by atoms with Gasteiger partial charge in [-0.3, -0.25) is 0 Å². The molecule has 0 aromatic heterocycles. The number of fused-ring (bicyclic) bond motifs is 1. The fourth-order valence-electron chi connectivity index (χ4n) is 1.63. The number of hydrogen-bond donors (Lipinski definition) is 1. The fourth-order valence-corrected chi connectivity index (χ4v) is 1.63. The van der Waals surface area contributed by atoms with E-state index in [1.54, 1.807) is 12.1 Å². The summed E-state index contributed by atoms with van der Waals surface area (Å²) in [4.78, 5) is 2.08. The van der Waals surface area contributed by atoms with Crippen LogP contribution in [0.2, 0.25) is 0 Å². The Balaban J connectivity index is 2.38. The fraction of sp³-hybridized carbons (Fsp3) is 0.400. The van der Waals surface area contributed by atoms with Crippen molar-refractivity contribution < 1.29 is 9.84 Å². The predicted molar refractivity (Wildman–Crippen MR) is 51.2 cm³/mol. The van der Waals surface area contributed by atoms with Crippen molar-refractivity contribution in [1.82, 2.24) is 0 Å². The van der Waals surface area contributed by atoms with Gasteiger partial charge in [-0.25, -0.2) is 0 Å². The standard InChI is InChI=1S/C10H13NO2/c1-3-10-11(2)8-5-4-7(12)6-9(8)13-10/h4-6,10,12H,3H2,1-2H3. The average Bonchev–Trinajstić information content (AvgIpc) is 2.42. The highest BCUT2D eigenvalue weighted by molar-refractivity contribution is 5.63. The Morgan fingerprint density at radius 1 is 1.54 bits per heavy atom. The van der Waals surface area contributed by atoms with Crippen LogP contribution in [-0.2, 0) is 0 Å². The Morgan fingerprint density at radius 2 is 2.31 bits per heavy atom. The lowest BCUT2D eigenvalue weighted by atomic mass is 10.2. The number of aromatic hydroxyl groups is 1. The molecule has 1 aromatic carbocycles. The number of nitrogens with zero attached hydrogens (tertiary/aromatic N) is 1. The summed E-state index contributed by atoms with van der Waals surface area (Å²) in [7, 11) is 2.00. The molecule has 1 aliphatic heterocycles. The zero-order chi connectivity index (χ0) is 9.42. The second-order valence-corrected chi connectivity index (χ2v) is 3.24. The van der Waals surface area contributed by atoms with Gasteiger partial charge < -0.3 is 14.7 Å². The van der Waals surface area contributed by atoms with Gasteiger partial charge in [0.1, 0.15) is 11.5 Å². The number of anilines is 1. The van der Waals surface area contributed by atoms with Gasteiger partial charge in [0.25, 0.3) is 0 Å². The van der Waals surface area contributed by atoms with Crippen LogP contribution < -0.4 is 9.64 Å². The van der Waals surface area contributed by atoms with Crippen molar-refractivity contribution >= 4 is 5.69 Å². The minimum absolute atomic E-state index is 0.108. The third-order valence-electron chi connectivity index (χ3n) is 2.37. The first-order chi connectivity index (χ1) is 6.22. The van der Waals surface area contributed by atoms with Gasteiger partial charge in [0.2, 0.25) is 0 Å². The minimum Gasteiger partial charge on any atom is -0.508 e. The van der Waals surface area contributed by atoms with Gasteiger partial charge in [0.15, 0.2) is 6.23 Å². The summed E-state index contributed by atoms with van der Waals surface area (Å²) in [6, 6.07) is 5.21. The van der Waals surface area contributed by atoms with E-state index in [1.165, 1.54) is 0 Å². The van der Waals surface area contributed by atoms with E-state index in [0.717, 1.165) is 17.9 Å². The third kappa shape index (κ3) is 1.20. The van der Waals surface area contributed by atoms with Gasteiger partial charge in [-0.15, -0.1) is 0 Å². The van der Waals surface area contributed by atoms with E-state index in [2.05, 4.69) is 11.8 Å². The van der Waals surface area contributed by atoms with Crippen molar-refractivity contribution in [1.29, 1.82) is 0 Å². The van der Waals surface area contributed by atoms with E-state index in [0.29, 0.717) is 0 Å². The van der Waals surface area contributed by atoms with Crippen molar-refractivity contribution in [3.63, 3.8) is 0 Å². The van der Waals surface area contributed by atoms with Crippen molar-refractivity contribution in [2.24, 2.45) is 0 Å². The molecule has 1 unspecified atom stereocenters. The Labute approximate surface area is 77.6 Å². The smallest absolute Gasteiger partial charge is 0.172 e. The average molecular weight is 179 g/mol. The normalized spacial score (nSPS) is 19.8. The van der Waals surface area contributed by atoms with Crippen LogP contribution in [0.3, 0.4) is 0 Å². The second kappa shape index (κ2) is 2.83. The lowest BCUT2D eigenvalue weighted by Crippen LogP contribution is -2.29. The largest absolute Gasteiger partial charge is 0.508 e. The molecule has 13 heavy (non-hydrogen) atoms. The zero-order valence-corrected chi connectivity index (χ0v) is 7.82. The maximum Gasteiger partial charge on any atom is 0.172 e. The molecule has 0 saturated heterocycles. The van der Waals surface area contributed by atoms with Crippen molar-refractivity contribution in [3.8, 4) is 11.5 Å². The van der Waals surface area contributed by atoms with E-state index < -0.39 is 0 Å². The molecule has 0 aliphatic carbocycles. The summed E-state index contributed by atoms with van der Waals surface area (Å²) < 4.78 is 5.62. The summed E-state index contributed by atoms with van der Waals surface area (Å²) in [6.07, 6.45) is 1.04. The Hall–Kier alpha value is -1.38. The quantitative estimate of drug-likeness (QED) is 0.715. The topological polar surface area (TPSA) is 32.7 Å². The van der Waals surface area contributed by atoms with E-state index in [-0.39, 0.29) is 12.0 Å². The van der Waals surface area contributed by atoms with Crippen molar-refractivity contribution in [2.75, 3.05) is 11.9 Å². The van der Waals surface area contributed by atoms with Crippen molar-refractivity contribution in [2.45, 2.75) is 19.6 Å². The van der Waals surface area contributed by atoms with Crippen LogP contribution in [0.5, 0.6) is 11.5 Å². The summed E-state index contributed by atoms with van der Waals surface area (Å²) >= 11 is 0. The number of phenolic OH excluding ortho intramolecular Hbond substituents is 1. The number of phenols is 1. The molecular formula is C10H13NO2. The highest BCUT2D eigenvalue weighted by Crippen LogP contribution is 2.38. The molecule has 0 radical (unpaired) electrons. The first-order valence-corrected chi connectivity index (χ1v) is 4.45. The van der Waals surface area contributed by atoms with Crippen LogP contribution in [0.1, 0.15) is 13.3 Å². The van der Waals surface area contributed by atoms with Gasteiger partial charge >= 0.3 is 0 Å². The molecule has 1 aliphatic rings. The van der Waals surface area contributed by atoms with E-state index in [9.17, 15) is 5.11 Å². The number of ether oxygens (including phenoxy) is 1. The summed E-state index contributed by atoms with van der Waals surface area (Å²) in [5.74, 6) is 1.03. The highest BCUT2D eigenvalue weighted by atomic mass is 16.5. The summed E-state index contributed by atoms with van der Waals surface area (Å²) in [5, 5.41) is 9.24. The molecule has 0 saturated carbocycles. The molecular weight excluding hydrogens is 166 g/mol. The monoisotopic (exact) mass is 179 g/mol. The van der Waals surface area contributed by atoms with Crippen LogP contribution in [0.4, 0.5) is 5.69 Å². The van der Waals surface area contributed by atoms with E-state index in [4.69, 9.17) is 4.74 Å². The van der Waals surface area contributed by atoms with Gasteiger partial charge in [0, 0.05) is 19.5 Å². The van der Waals surface area contributed by atoms with Gasteiger partial charge in [-0.1, -0.05) is 6.92 Å². The number of hydrogen-bond acceptors (Lipinski definition) is 3. The molecule has 70 valence electrons. The van der Waals surface area contributed by atoms with Crippen molar-refractivity contribution in [3.05, 3.63) is 18.2 Å². The Bertz CT molecular complexity index is 325. The number of benzene rings is 1. The molecule has 0 fully saturated rings. The lowest BCUT2D eigenvalue weighted by molar-refractivity contribution is 0.224. The molecule has 1 heterocycles. The first-order valence-electron chi connectivity index (χ1n) is 4.45. The predicted octanol–water partition coefficient (Wildman–Crippen LogP) is 1.96. The molecule has 0 bridgehead atoms. The van der Waals surface area contributed by atoms with Crippen LogP contribution >= 0.6 is 0 Å². The SMILES string of the molecule is CCC1Oc2cc(O)ccc2N1C. The zero-order valence-electron chi connectivity index (χ0n) is 7.82. The molecule has 2 rings (SSSR count). The van der Waals surface area contributed by atoms with Crippen LogP contribution in [-0.4, -0.2) is 18.4 Å². The second-order valence-electron chi connectivity index (χ2n) is 3.24. The maximum absolute atomic E-state index is 9.24. The highest BCUT2D eigenvalue weighted by Gasteiger charge is 2.26. The summed E-state index contributed by atoms with van der Waals surface area (Å²) in [5.41, 5.74) is 1.05. The van der Waals surface area contributed by atoms with Gasteiger partial charge in [-0.05, 0) is 12.1 Å². The molecule has 0 spiro atoms. The third-order valence-corrected chi connectivity index (χ3v) is 2.37. The molecule has 1 aromatic rings. The van der Waals surface area contributed by atoms with Crippen LogP contribution in [0, 0.1) is 0 Å².